The molecule has 0 spiro atoms. The maximum atomic E-state index is 6.63. The molecule has 1 saturated heterocycles. The number of ether oxygens (including phenoxy) is 2. The van der Waals surface area contributed by atoms with Crippen LogP contribution in [0.1, 0.15) is 52.4 Å². The van der Waals surface area contributed by atoms with Crippen molar-refractivity contribution in [2.45, 2.75) is 64.0 Å². The van der Waals surface area contributed by atoms with Gasteiger partial charge in [-0.05, 0) is 31.6 Å². The molecule has 0 aromatic rings. The largest absolute Gasteiger partial charge is 0.381 e. The first-order chi connectivity index (χ1) is 8.68. The lowest BCUT2D eigenvalue weighted by atomic mass is 9.71. The third kappa shape index (κ3) is 3.06. The second-order valence-electron chi connectivity index (χ2n) is 6.17. The fraction of sp³-hybridized carbons (Fsp3) is 1.00. The molecule has 18 heavy (non-hydrogen) atoms. The Morgan fingerprint density at radius 1 is 1.33 bits per heavy atom. The molecule has 0 aromatic carbocycles. The Balaban J connectivity index is 2.04. The molecule has 2 rings (SSSR count). The van der Waals surface area contributed by atoms with Gasteiger partial charge in [0.1, 0.15) is 0 Å². The molecule has 3 atom stereocenters. The van der Waals surface area contributed by atoms with Crippen LogP contribution in [0.2, 0.25) is 0 Å². The van der Waals surface area contributed by atoms with E-state index in [1.807, 2.05) is 0 Å². The molecule has 1 saturated carbocycles. The van der Waals surface area contributed by atoms with Crippen molar-refractivity contribution < 1.29 is 9.47 Å². The van der Waals surface area contributed by atoms with E-state index in [1.54, 1.807) is 0 Å². The molecule has 106 valence electrons. The fourth-order valence-corrected chi connectivity index (χ4v) is 3.82. The first-order valence-electron chi connectivity index (χ1n) is 7.65. The van der Waals surface area contributed by atoms with Crippen molar-refractivity contribution >= 4 is 0 Å². The molecule has 1 aliphatic carbocycles. The van der Waals surface area contributed by atoms with Crippen LogP contribution < -0.4 is 5.73 Å². The second-order valence-corrected chi connectivity index (χ2v) is 6.17. The predicted octanol–water partition coefficient (Wildman–Crippen LogP) is 2.73. The molecular formula is C15H29NO2. The zero-order chi connectivity index (χ0) is 13.0. The molecular weight excluding hydrogens is 226 g/mol. The van der Waals surface area contributed by atoms with Crippen molar-refractivity contribution in [3.05, 3.63) is 0 Å². The molecule has 3 nitrogen and oxygen atoms in total. The van der Waals surface area contributed by atoms with Gasteiger partial charge >= 0.3 is 0 Å². The van der Waals surface area contributed by atoms with E-state index in [4.69, 9.17) is 15.2 Å². The van der Waals surface area contributed by atoms with Gasteiger partial charge in [0.05, 0.1) is 5.60 Å². The average molecular weight is 255 g/mol. The molecule has 2 fully saturated rings. The Morgan fingerprint density at radius 2 is 2.06 bits per heavy atom. The van der Waals surface area contributed by atoms with Gasteiger partial charge in [-0.3, -0.25) is 0 Å². The van der Waals surface area contributed by atoms with Crippen molar-refractivity contribution in [3.8, 4) is 0 Å². The van der Waals surface area contributed by atoms with Crippen LogP contribution in [0.25, 0.3) is 0 Å². The van der Waals surface area contributed by atoms with Crippen LogP contribution in [0, 0.1) is 11.8 Å². The minimum atomic E-state index is -0.116. The Bertz CT molecular complexity index is 245. The van der Waals surface area contributed by atoms with E-state index in [-0.39, 0.29) is 11.6 Å². The summed E-state index contributed by atoms with van der Waals surface area (Å²) in [6.07, 6.45) is 7.18. The predicted molar refractivity (Wildman–Crippen MR) is 73.5 cm³/mol. The van der Waals surface area contributed by atoms with Gasteiger partial charge in [-0.2, -0.15) is 0 Å². The van der Waals surface area contributed by atoms with Crippen LogP contribution in [0.3, 0.4) is 0 Å². The van der Waals surface area contributed by atoms with Gasteiger partial charge in [-0.1, -0.05) is 19.8 Å². The normalized spacial score (nSPS) is 34.2. The summed E-state index contributed by atoms with van der Waals surface area (Å²) in [5, 5.41) is 0. The van der Waals surface area contributed by atoms with Gasteiger partial charge in [0, 0.05) is 38.7 Å². The zero-order valence-electron chi connectivity index (χ0n) is 12.0. The molecule has 2 N–H and O–H groups in total. The Morgan fingerprint density at radius 3 is 2.67 bits per heavy atom. The maximum absolute atomic E-state index is 6.63. The minimum absolute atomic E-state index is 0.116. The van der Waals surface area contributed by atoms with Crippen LogP contribution >= 0.6 is 0 Å². The first kappa shape index (κ1) is 14.3. The summed E-state index contributed by atoms with van der Waals surface area (Å²) in [4.78, 5) is 0. The van der Waals surface area contributed by atoms with Crippen LogP contribution in [-0.4, -0.2) is 31.5 Å². The smallest absolute Gasteiger partial charge is 0.0878 e. The van der Waals surface area contributed by atoms with Crippen molar-refractivity contribution in [2.75, 3.05) is 19.8 Å². The van der Waals surface area contributed by atoms with E-state index in [0.717, 1.165) is 38.6 Å². The third-order valence-electron chi connectivity index (χ3n) is 4.86. The molecule has 2 aliphatic rings. The van der Waals surface area contributed by atoms with E-state index in [0.29, 0.717) is 5.92 Å². The highest BCUT2D eigenvalue weighted by atomic mass is 16.5. The van der Waals surface area contributed by atoms with Gasteiger partial charge < -0.3 is 15.2 Å². The first-order valence-corrected chi connectivity index (χ1v) is 7.65. The van der Waals surface area contributed by atoms with E-state index in [1.165, 1.54) is 25.7 Å². The van der Waals surface area contributed by atoms with Gasteiger partial charge in [0.25, 0.3) is 0 Å². The van der Waals surface area contributed by atoms with Crippen LogP contribution in [0.15, 0.2) is 0 Å². The summed E-state index contributed by atoms with van der Waals surface area (Å²) in [6, 6.07) is 0.184. The molecule has 0 aromatic heterocycles. The number of hydrogen-bond donors (Lipinski definition) is 1. The molecule has 3 unspecified atom stereocenters. The standard InChI is InChI=1S/C15H29NO2/c1-3-18-15(7-9-17-10-8-15)14(16)13-6-4-5-12(2)11-13/h12-14H,3-11,16H2,1-2H3. The Labute approximate surface area is 111 Å². The van der Waals surface area contributed by atoms with E-state index >= 15 is 0 Å². The van der Waals surface area contributed by atoms with Crippen molar-refractivity contribution in [1.82, 2.24) is 0 Å². The van der Waals surface area contributed by atoms with Crippen molar-refractivity contribution in [3.63, 3.8) is 0 Å². The lowest BCUT2D eigenvalue weighted by molar-refractivity contribution is -0.132. The van der Waals surface area contributed by atoms with E-state index in [9.17, 15) is 0 Å². The number of hydrogen-bond acceptors (Lipinski definition) is 3. The Hall–Kier alpha value is -0.120. The molecule has 1 aliphatic heterocycles. The highest BCUT2D eigenvalue weighted by Gasteiger charge is 2.43. The summed E-state index contributed by atoms with van der Waals surface area (Å²) in [5.41, 5.74) is 6.51. The topological polar surface area (TPSA) is 44.5 Å². The van der Waals surface area contributed by atoms with E-state index < -0.39 is 0 Å². The maximum Gasteiger partial charge on any atom is 0.0878 e. The zero-order valence-corrected chi connectivity index (χ0v) is 12.0. The second kappa shape index (κ2) is 6.36. The number of rotatable bonds is 4. The van der Waals surface area contributed by atoms with Crippen molar-refractivity contribution in [2.24, 2.45) is 17.6 Å². The van der Waals surface area contributed by atoms with E-state index in [2.05, 4.69) is 13.8 Å². The lowest BCUT2D eigenvalue weighted by Crippen LogP contribution is -2.57. The van der Waals surface area contributed by atoms with Gasteiger partial charge in [-0.15, -0.1) is 0 Å². The number of nitrogens with two attached hydrogens (primary N) is 1. The monoisotopic (exact) mass is 255 g/mol. The highest BCUT2D eigenvalue weighted by Crippen LogP contribution is 2.38. The molecule has 0 amide bonds. The fourth-order valence-electron chi connectivity index (χ4n) is 3.82. The summed E-state index contributed by atoms with van der Waals surface area (Å²) in [6.45, 7) is 6.80. The molecule has 3 heteroatoms. The van der Waals surface area contributed by atoms with Crippen molar-refractivity contribution in [1.29, 1.82) is 0 Å². The quantitative estimate of drug-likeness (QED) is 0.840. The van der Waals surface area contributed by atoms with Crippen LogP contribution in [-0.2, 0) is 9.47 Å². The lowest BCUT2D eigenvalue weighted by Gasteiger charge is -2.46. The van der Waals surface area contributed by atoms with Gasteiger partial charge in [-0.25, -0.2) is 0 Å². The SMILES string of the molecule is CCOC1(C(N)C2CCCC(C)C2)CCOCC1. The summed E-state index contributed by atoms with van der Waals surface area (Å²) >= 11 is 0. The summed E-state index contributed by atoms with van der Waals surface area (Å²) < 4.78 is 11.6. The molecule has 1 heterocycles. The average Bonchev–Trinajstić information content (AvgIpc) is 2.39. The third-order valence-corrected chi connectivity index (χ3v) is 4.86. The van der Waals surface area contributed by atoms with Gasteiger partial charge in [0.15, 0.2) is 0 Å². The summed E-state index contributed by atoms with van der Waals surface area (Å²) in [7, 11) is 0. The summed E-state index contributed by atoms with van der Waals surface area (Å²) in [5.74, 6) is 1.46. The Kier molecular flexibility index (Phi) is 5.05. The molecule has 0 bridgehead atoms. The molecule has 0 radical (unpaired) electrons. The van der Waals surface area contributed by atoms with Gasteiger partial charge in [0.2, 0.25) is 0 Å². The van der Waals surface area contributed by atoms with Crippen LogP contribution in [0.4, 0.5) is 0 Å². The minimum Gasteiger partial charge on any atom is -0.381 e. The highest BCUT2D eigenvalue weighted by molar-refractivity contribution is 4.97. The van der Waals surface area contributed by atoms with Crippen LogP contribution in [0.5, 0.6) is 0 Å².